The van der Waals surface area contributed by atoms with Gasteiger partial charge in [-0.25, -0.2) is 0 Å². The topological polar surface area (TPSA) is 26.0 Å². The third-order valence-electron chi connectivity index (χ3n) is 3.92. The smallest absolute Gasteiger partial charge is 0.0925 e. The molecule has 0 spiro atoms. The van der Waals surface area contributed by atoms with E-state index in [1.807, 2.05) is 0 Å². The van der Waals surface area contributed by atoms with E-state index in [-0.39, 0.29) is 12.2 Å². The molecule has 0 aromatic rings. The highest BCUT2D eigenvalue weighted by Gasteiger charge is 2.39. The summed E-state index contributed by atoms with van der Waals surface area (Å²) >= 11 is 0. The number of hydrogen-bond acceptors (Lipinski definition) is 1. The van der Waals surface area contributed by atoms with Gasteiger partial charge in [0.2, 0.25) is 0 Å². The largest absolute Gasteiger partial charge is 0.325 e. The Morgan fingerprint density at radius 3 is 2.54 bits per heavy atom. The number of halogens is 1. The molecule has 2 saturated carbocycles. The van der Waals surface area contributed by atoms with Gasteiger partial charge in [-0.1, -0.05) is 12.8 Å². The predicted octanol–water partition coefficient (Wildman–Crippen LogP) is 2.64. The lowest BCUT2D eigenvalue weighted by molar-refractivity contribution is 0.273. The third-order valence-corrected chi connectivity index (χ3v) is 3.92. The van der Waals surface area contributed by atoms with E-state index in [4.69, 9.17) is 5.73 Å². The summed E-state index contributed by atoms with van der Waals surface area (Å²) in [4.78, 5) is 0. The van der Waals surface area contributed by atoms with Crippen LogP contribution in [0.1, 0.15) is 44.9 Å². The van der Waals surface area contributed by atoms with Gasteiger partial charge < -0.3 is 5.73 Å². The van der Waals surface area contributed by atoms with Gasteiger partial charge in [-0.3, -0.25) is 4.39 Å². The average Bonchev–Trinajstić information content (AvgIpc) is 2.69. The number of nitrogens with two attached hydrogens (primary N) is 1. The van der Waals surface area contributed by atoms with Crippen LogP contribution in [0.4, 0.5) is 4.39 Å². The van der Waals surface area contributed by atoms with Gasteiger partial charge in [-0.2, -0.15) is 0 Å². The Labute approximate surface area is 79.9 Å². The first-order valence-electron chi connectivity index (χ1n) is 5.58. The fourth-order valence-electron chi connectivity index (χ4n) is 2.58. The Bertz CT molecular complexity index is 177. The molecule has 0 aromatic carbocycles. The maximum atomic E-state index is 12.6. The lowest BCUT2D eigenvalue weighted by Crippen LogP contribution is -2.23. The maximum Gasteiger partial charge on any atom is 0.0925 e. The molecule has 76 valence electrons. The van der Waals surface area contributed by atoms with E-state index in [2.05, 4.69) is 0 Å². The van der Waals surface area contributed by atoms with Crippen LogP contribution in [0.25, 0.3) is 0 Å². The van der Waals surface area contributed by atoms with Crippen LogP contribution in [0.15, 0.2) is 0 Å². The minimum Gasteiger partial charge on any atom is -0.325 e. The molecule has 0 amide bonds. The van der Waals surface area contributed by atoms with Crippen molar-refractivity contribution in [2.45, 2.75) is 50.5 Å². The zero-order valence-electron chi connectivity index (χ0n) is 8.27. The van der Waals surface area contributed by atoms with Crippen molar-refractivity contribution in [3.05, 3.63) is 0 Å². The van der Waals surface area contributed by atoms with Gasteiger partial charge in [0.15, 0.2) is 0 Å². The zero-order valence-corrected chi connectivity index (χ0v) is 8.27. The van der Waals surface area contributed by atoms with E-state index in [0.717, 1.165) is 12.8 Å². The van der Waals surface area contributed by atoms with E-state index < -0.39 is 0 Å². The molecule has 2 heteroatoms. The molecule has 0 bridgehead atoms. The molecular weight excluding hydrogens is 165 g/mol. The molecule has 2 rings (SSSR count). The Morgan fingerprint density at radius 2 is 1.92 bits per heavy atom. The van der Waals surface area contributed by atoms with Gasteiger partial charge in [0.05, 0.1) is 6.67 Å². The molecule has 0 heterocycles. The fourth-order valence-corrected chi connectivity index (χ4v) is 2.58. The minimum absolute atomic E-state index is 0.109. The molecule has 0 radical (unpaired) electrons. The number of rotatable bonds is 4. The summed E-state index contributed by atoms with van der Waals surface area (Å²) in [5.74, 6) is 1.01. The van der Waals surface area contributed by atoms with Crippen LogP contribution in [-0.4, -0.2) is 12.2 Å². The van der Waals surface area contributed by atoms with Crippen molar-refractivity contribution < 1.29 is 4.39 Å². The van der Waals surface area contributed by atoms with E-state index in [0.29, 0.717) is 11.8 Å². The highest BCUT2D eigenvalue weighted by atomic mass is 19.1. The Kier molecular flexibility index (Phi) is 2.59. The van der Waals surface area contributed by atoms with Gasteiger partial charge in [0, 0.05) is 5.54 Å². The van der Waals surface area contributed by atoms with E-state index >= 15 is 0 Å². The van der Waals surface area contributed by atoms with Crippen molar-refractivity contribution in [3.8, 4) is 0 Å². The summed E-state index contributed by atoms with van der Waals surface area (Å²) in [5.41, 5.74) is 6.19. The average molecular weight is 185 g/mol. The van der Waals surface area contributed by atoms with Gasteiger partial charge >= 0.3 is 0 Å². The first-order chi connectivity index (χ1) is 6.23. The molecule has 2 N–H and O–H groups in total. The molecule has 2 atom stereocenters. The van der Waals surface area contributed by atoms with Crippen LogP contribution >= 0.6 is 0 Å². The normalized spacial score (nSPS) is 36.5. The molecule has 2 fully saturated rings. The second-order valence-electron chi connectivity index (χ2n) is 5.01. The number of hydrogen-bond donors (Lipinski definition) is 1. The van der Waals surface area contributed by atoms with Crippen LogP contribution in [0.3, 0.4) is 0 Å². The molecule has 13 heavy (non-hydrogen) atoms. The van der Waals surface area contributed by atoms with Crippen molar-refractivity contribution in [1.29, 1.82) is 0 Å². The summed E-state index contributed by atoms with van der Waals surface area (Å²) in [6.45, 7) is -0.109. The van der Waals surface area contributed by atoms with Crippen LogP contribution in [0, 0.1) is 11.8 Å². The molecule has 2 aliphatic carbocycles. The zero-order chi connectivity index (χ0) is 9.31. The molecule has 0 aromatic heterocycles. The standard InChI is InChI=1S/C11H20FN/c12-8-10-3-1-2-9(10)4-5-11(13)6-7-11/h9-10H,1-8,13H2. The van der Waals surface area contributed by atoms with Crippen LogP contribution in [0.2, 0.25) is 0 Å². The summed E-state index contributed by atoms with van der Waals surface area (Å²) in [6.07, 6.45) is 8.28. The second-order valence-corrected chi connectivity index (χ2v) is 5.01. The summed E-state index contributed by atoms with van der Waals surface area (Å²) < 4.78 is 12.6. The van der Waals surface area contributed by atoms with Crippen LogP contribution in [0.5, 0.6) is 0 Å². The maximum absolute atomic E-state index is 12.6. The van der Waals surface area contributed by atoms with Crippen molar-refractivity contribution >= 4 is 0 Å². The monoisotopic (exact) mass is 185 g/mol. The second kappa shape index (κ2) is 3.56. The molecule has 0 saturated heterocycles. The summed E-state index contributed by atoms with van der Waals surface area (Å²) in [6, 6.07) is 0. The first-order valence-corrected chi connectivity index (χ1v) is 5.58. The van der Waals surface area contributed by atoms with Crippen molar-refractivity contribution in [2.75, 3.05) is 6.67 Å². The molecular formula is C11H20FN. The third kappa shape index (κ3) is 2.22. The van der Waals surface area contributed by atoms with E-state index in [1.54, 1.807) is 0 Å². The van der Waals surface area contributed by atoms with Crippen LogP contribution < -0.4 is 5.73 Å². The lowest BCUT2D eigenvalue weighted by Gasteiger charge is -2.18. The highest BCUT2D eigenvalue weighted by molar-refractivity contribution is 4.99. The van der Waals surface area contributed by atoms with Gasteiger partial charge in [0.25, 0.3) is 0 Å². The van der Waals surface area contributed by atoms with Gasteiger partial charge in [-0.05, 0) is 43.9 Å². The van der Waals surface area contributed by atoms with E-state index in [9.17, 15) is 4.39 Å². The SMILES string of the molecule is NC1(CCC2CCCC2CF)CC1. The van der Waals surface area contributed by atoms with Crippen molar-refractivity contribution in [1.82, 2.24) is 0 Å². The Balaban J connectivity index is 1.73. The van der Waals surface area contributed by atoms with E-state index in [1.165, 1.54) is 32.1 Å². The van der Waals surface area contributed by atoms with Gasteiger partial charge in [0.1, 0.15) is 0 Å². The van der Waals surface area contributed by atoms with Crippen molar-refractivity contribution in [3.63, 3.8) is 0 Å². The summed E-state index contributed by atoms with van der Waals surface area (Å²) in [7, 11) is 0. The molecule has 2 unspecified atom stereocenters. The predicted molar refractivity (Wildman–Crippen MR) is 52.2 cm³/mol. The molecule has 1 nitrogen and oxygen atoms in total. The van der Waals surface area contributed by atoms with Crippen molar-refractivity contribution in [2.24, 2.45) is 17.6 Å². The molecule has 0 aliphatic heterocycles. The minimum atomic E-state index is -0.109. The summed E-state index contributed by atoms with van der Waals surface area (Å²) in [5, 5.41) is 0. The Morgan fingerprint density at radius 1 is 1.23 bits per heavy atom. The highest BCUT2D eigenvalue weighted by Crippen LogP contribution is 2.42. The fraction of sp³-hybridized carbons (Fsp3) is 1.00. The van der Waals surface area contributed by atoms with Crippen LogP contribution in [-0.2, 0) is 0 Å². The Hall–Kier alpha value is -0.110. The number of alkyl halides is 1. The first kappa shape index (κ1) is 9.45. The van der Waals surface area contributed by atoms with Gasteiger partial charge in [-0.15, -0.1) is 0 Å². The quantitative estimate of drug-likeness (QED) is 0.716. The molecule has 2 aliphatic rings. The lowest BCUT2D eigenvalue weighted by atomic mass is 9.90.